The van der Waals surface area contributed by atoms with E-state index in [-0.39, 0.29) is 10.8 Å². The lowest BCUT2D eigenvalue weighted by molar-refractivity contribution is 0.0951. The van der Waals surface area contributed by atoms with Gasteiger partial charge in [0.2, 0.25) is 10.0 Å². The van der Waals surface area contributed by atoms with E-state index >= 15 is 0 Å². The number of anilines is 1. The number of carbonyl (C=O) groups excluding carboxylic acids is 1. The lowest BCUT2D eigenvalue weighted by Gasteiger charge is -2.30. The topological polar surface area (TPSA) is 105 Å². The molecule has 8 nitrogen and oxygen atoms in total. The van der Waals surface area contributed by atoms with Gasteiger partial charge in [-0.3, -0.25) is 4.79 Å². The summed E-state index contributed by atoms with van der Waals surface area (Å²) in [4.78, 5) is 14.9. The molecule has 1 fully saturated rings. The van der Waals surface area contributed by atoms with Crippen LogP contribution in [0.2, 0.25) is 0 Å². The minimum Gasteiger partial charge on any atom is -0.378 e. The first kappa shape index (κ1) is 20.6. The van der Waals surface area contributed by atoms with E-state index in [2.05, 4.69) is 5.32 Å². The van der Waals surface area contributed by atoms with Crippen LogP contribution in [0.5, 0.6) is 0 Å². The molecule has 0 aromatic heterocycles. The van der Waals surface area contributed by atoms with Gasteiger partial charge in [-0.25, -0.2) is 12.7 Å². The van der Waals surface area contributed by atoms with Crippen LogP contribution in [-0.2, 0) is 14.8 Å². The Labute approximate surface area is 155 Å². The van der Waals surface area contributed by atoms with Crippen molar-refractivity contribution >= 4 is 21.6 Å². The summed E-state index contributed by atoms with van der Waals surface area (Å²) >= 11 is 0. The molecule has 1 aromatic carbocycles. The summed E-state index contributed by atoms with van der Waals surface area (Å²) in [6.45, 7) is 3.56. The monoisotopic (exact) mass is 384 g/mol. The van der Waals surface area contributed by atoms with Gasteiger partial charge in [0.1, 0.15) is 0 Å². The predicted octanol–water partition coefficient (Wildman–Crippen LogP) is 0.242. The van der Waals surface area contributed by atoms with Crippen molar-refractivity contribution in [3.63, 3.8) is 0 Å². The molecule has 0 bridgehead atoms. The van der Waals surface area contributed by atoms with Crippen molar-refractivity contribution in [2.75, 3.05) is 58.4 Å². The Kier molecular flexibility index (Phi) is 7.39. The molecule has 1 heterocycles. The Balaban J connectivity index is 2.33. The third-order valence-electron chi connectivity index (χ3n) is 4.26. The summed E-state index contributed by atoms with van der Waals surface area (Å²) in [5, 5.41) is 2.86. The molecule has 1 aromatic rings. The molecule has 9 heteroatoms. The fraction of sp³-hybridized carbons (Fsp3) is 0.588. The van der Waals surface area contributed by atoms with Gasteiger partial charge >= 0.3 is 0 Å². The fourth-order valence-electron chi connectivity index (χ4n) is 2.71. The fourth-order valence-corrected chi connectivity index (χ4v) is 3.64. The molecule has 1 amide bonds. The number of morpholine rings is 1. The third-order valence-corrected chi connectivity index (χ3v) is 6.07. The van der Waals surface area contributed by atoms with E-state index in [9.17, 15) is 13.2 Å². The van der Waals surface area contributed by atoms with Crippen molar-refractivity contribution in [2.24, 2.45) is 5.73 Å². The number of unbranched alkanes of at least 4 members (excludes halogenated alkanes) is 1. The van der Waals surface area contributed by atoms with Crippen LogP contribution in [-0.4, -0.2) is 72.1 Å². The molecule has 1 aliphatic rings. The molecule has 0 atom stereocenters. The average molecular weight is 385 g/mol. The lowest BCUT2D eigenvalue weighted by Crippen LogP contribution is -2.38. The Morgan fingerprint density at radius 3 is 2.58 bits per heavy atom. The second-order valence-corrected chi connectivity index (χ2v) is 8.47. The van der Waals surface area contributed by atoms with E-state index < -0.39 is 10.0 Å². The molecule has 0 aliphatic carbocycles. The van der Waals surface area contributed by atoms with E-state index in [1.807, 2.05) is 4.90 Å². The Bertz CT molecular complexity index is 715. The van der Waals surface area contributed by atoms with Gasteiger partial charge in [-0.2, -0.15) is 0 Å². The first-order chi connectivity index (χ1) is 12.4. The smallest absolute Gasteiger partial charge is 0.253 e. The number of rotatable bonds is 8. The zero-order valence-electron chi connectivity index (χ0n) is 15.4. The van der Waals surface area contributed by atoms with Crippen LogP contribution in [0.3, 0.4) is 0 Å². The highest BCUT2D eigenvalue weighted by atomic mass is 32.2. The number of carbonyl (C=O) groups is 1. The normalized spacial score (nSPS) is 15.3. The molecule has 1 saturated heterocycles. The van der Waals surface area contributed by atoms with Crippen molar-refractivity contribution in [3.8, 4) is 0 Å². The first-order valence-electron chi connectivity index (χ1n) is 8.75. The highest BCUT2D eigenvalue weighted by molar-refractivity contribution is 7.89. The van der Waals surface area contributed by atoms with E-state index in [0.717, 1.165) is 22.8 Å². The Morgan fingerprint density at radius 2 is 1.96 bits per heavy atom. The number of nitrogens with zero attached hydrogens (tertiary/aromatic N) is 2. The molecule has 26 heavy (non-hydrogen) atoms. The lowest BCUT2D eigenvalue weighted by atomic mass is 10.1. The van der Waals surface area contributed by atoms with Crippen LogP contribution >= 0.6 is 0 Å². The molecule has 0 spiro atoms. The Hall–Kier alpha value is -1.68. The van der Waals surface area contributed by atoms with E-state index in [1.54, 1.807) is 12.1 Å². The van der Waals surface area contributed by atoms with Crippen molar-refractivity contribution in [1.82, 2.24) is 9.62 Å². The van der Waals surface area contributed by atoms with Gasteiger partial charge in [-0.1, -0.05) is 0 Å². The SMILES string of the molecule is CN(C)S(=O)(=O)c1ccc(N2CCOCC2)c(C(=O)NCCCCN)c1. The first-order valence-corrected chi connectivity index (χ1v) is 10.2. The van der Waals surface area contributed by atoms with Gasteiger partial charge < -0.3 is 20.7 Å². The second kappa shape index (κ2) is 9.31. The molecule has 0 radical (unpaired) electrons. The van der Waals surface area contributed by atoms with Crippen LogP contribution in [0.25, 0.3) is 0 Å². The maximum atomic E-state index is 12.7. The zero-order valence-corrected chi connectivity index (χ0v) is 16.2. The van der Waals surface area contributed by atoms with Crippen LogP contribution in [0.4, 0.5) is 5.69 Å². The van der Waals surface area contributed by atoms with Gasteiger partial charge in [0.25, 0.3) is 5.91 Å². The standard InChI is InChI=1S/C17H28N4O4S/c1-20(2)26(23,24)14-5-6-16(21-9-11-25-12-10-21)15(13-14)17(22)19-8-4-3-7-18/h5-6,13H,3-4,7-12,18H2,1-2H3,(H,19,22). The summed E-state index contributed by atoms with van der Waals surface area (Å²) in [5.74, 6) is -0.278. The van der Waals surface area contributed by atoms with Crippen LogP contribution in [0.15, 0.2) is 23.1 Å². The highest BCUT2D eigenvalue weighted by Gasteiger charge is 2.24. The summed E-state index contributed by atoms with van der Waals surface area (Å²) in [6.07, 6.45) is 1.61. The van der Waals surface area contributed by atoms with Gasteiger partial charge in [-0.05, 0) is 37.6 Å². The third kappa shape index (κ3) is 4.94. The van der Waals surface area contributed by atoms with E-state index in [0.29, 0.717) is 45.0 Å². The van der Waals surface area contributed by atoms with Crippen molar-refractivity contribution in [3.05, 3.63) is 23.8 Å². The number of nitrogens with one attached hydrogen (secondary N) is 1. The van der Waals surface area contributed by atoms with Crippen molar-refractivity contribution in [2.45, 2.75) is 17.7 Å². The highest BCUT2D eigenvalue weighted by Crippen LogP contribution is 2.26. The number of ether oxygens (including phenoxy) is 1. The summed E-state index contributed by atoms with van der Waals surface area (Å²) < 4.78 is 31.4. The van der Waals surface area contributed by atoms with Crippen LogP contribution < -0.4 is 16.0 Å². The summed E-state index contributed by atoms with van der Waals surface area (Å²) in [5.41, 5.74) is 6.56. The largest absolute Gasteiger partial charge is 0.378 e. The van der Waals surface area contributed by atoms with Gasteiger partial charge in [0.05, 0.1) is 23.7 Å². The van der Waals surface area contributed by atoms with Crippen LogP contribution in [0.1, 0.15) is 23.2 Å². The Morgan fingerprint density at radius 1 is 1.27 bits per heavy atom. The van der Waals surface area contributed by atoms with Gasteiger partial charge in [-0.15, -0.1) is 0 Å². The van der Waals surface area contributed by atoms with Crippen molar-refractivity contribution in [1.29, 1.82) is 0 Å². The van der Waals surface area contributed by atoms with Crippen LogP contribution in [0, 0.1) is 0 Å². The molecule has 3 N–H and O–H groups in total. The number of sulfonamides is 1. The van der Waals surface area contributed by atoms with E-state index in [1.165, 1.54) is 20.2 Å². The molecule has 146 valence electrons. The number of amides is 1. The van der Waals surface area contributed by atoms with E-state index in [4.69, 9.17) is 10.5 Å². The minimum atomic E-state index is -3.62. The van der Waals surface area contributed by atoms with Gasteiger partial charge in [0, 0.05) is 39.4 Å². The maximum Gasteiger partial charge on any atom is 0.253 e. The number of nitrogens with two attached hydrogens (primary N) is 1. The quantitative estimate of drug-likeness (QED) is 0.622. The number of hydrogen-bond acceptors (Lipinski definition) is 6. The minimum absolute atomic E-state index is 0.103. The average Bonchev–Trinajstić information content (AvgIpc) is 2.65. The molecular weight excluding hydrogens is 356 g/mol. The molecular formula is C17H28N4O4S. The second-order valence-electron chi connectivity index (χ2n) is 6.32. The molecule has 0 saturated carbocycles. The summed E-state index contributed by atoms with van der Waals surface area (Å²) in [7, 11) is -0.676. The molecule has 0 unspecified atom stereocenters. The molecule has 2 rings (SSSR count). The predicted molar refractivity (Wildman–Crippen MR) is 101 cm³/mol. The zero-order chi connectivity index (χ0) is 19.2. The summed E-state index contributed by atoms with van der Waals surface area (Å²) in [6, 6.07) is 4.71. The molecule has 1 aliphatic heterocycles. The maximum absolute atomic E-state index is 12.7. The number of benzene rings is 1. The van der Waals surface area contributed by atoms with Gasteiger partial charge in [0.15, 0.2) is 0 Å². The van der Waals surface area contributed by atoms with Crippen molar-refractivity contribution < 1.29 is 17.9 Å². The number of hydrogen-bond donors (Lipinski definition) is 2.